The van der Waals surface area contributed by atoms with Gasteiger partial charge in [-0.15, -0.1) is 0 Å². The second kappa shape index (κ2) is 11.9. The van der Waals surface area contributed by atoms with Crippen molar-refractivity contribution >= 4 is 16.0 Å². The highest BCUT2D eigenvalue weighted by molar-refractivity contribution is 7.89. The molecule has 226 valence electrons. The minimum atomic E-state index is -4.39. The number of aryl methyl sites for hydroxylation is 2. The van der Waals surface area contributed by atoms with Crippen molar-refractivity contribution in [2.24, 2.45) is 5.14 Å². The van der Waals surface area contributed by atoms with Crippen molar-refractivity contribution < 1.29 is 26.3 Å². The number of aromatic nitrogens is 3. The lowest BCUT2D eigenvalue weighted by molar-refractivity contribution is 0.137. The van der Waals surface area contributed by atoms with Crippen molar-refractivity contribution in [3.05, 3.63) is 94.8 Å². The lowest BCUT2D eigenvalue weighted by Crippen LogP contribution is -2.50. The fraction of sp³-hybridized carbons (Fsp3) is 0.300. The first-order valence-corrected chi connectivity index (χ1v) is 15.1. The lowest BCUT2D eigenvalue weighted by Gasteiger charge is -2.33. The van der Waals surface area contributed by atoms with Crippen LogP contribution in [0, 0.1) is 25.5 Å². The van der Waals surface area contributed by atoms with Crippen molar-refractivity contribution in [1.82, 2.24) is 20.3 Å². The van der Waals surface area contributed by atoms with Gasteiger partial charge in [0.15, 0.2) is 11.6 Å². The molecule has 0 spiro atoms. The predicted molar refractivity (Wildman–Crippen MR) is 157 cm³/mol. The summed E-state index contributed by atoms with van der Waals surface area (Å²) in [7, 11) is -4.39. The van der Waals surface area contributed by atoms with Gasteiger partial charge in [-0.1, -0.05) is 29.8 Å². The van der Waals surface area contributed by atoms with E-state index in [1.165, 1.54) is 44.4 Å². The Labute approximate surface area is 247 Å². The van der Waals surface area contributed by atoms with E-state index in [1.807, 2.05) is 6.92 Å². The number of halogens is 3. The summed E-state index contributed by atoms with van der Waals surface area (Å²) in [4.78, 5) is 12.9. The van der Waals surface area contributed by atoms with Crippen LogP contribution in [-0.2, 0) is 10.0 Å². The Morgan fingerprint density at radius 1 is 1.09 bits per heavy atom. The highest BCUT2D eigenvalue weighted by Crippen LogP contribution is 2.39. The first-order chi connectivity index (χ1) is 20.3. The van der Waals surface area contributed by atoms with E-state index in [4.69, 9.17) is 9.88 Å². The van der Waals surface area contributed by atoms with Gasteiger partial charge in [-0.3, -0.25) is 0 Å². The number of alkyl halides is 1. The number of sulfonamides is 1. The monoisotopic (exact) mass is 612 g/mol. The highest BCUT2D eigenvalue weighted by atomic mass is 32.2. The fourth-order valence-corrected chi connectivity index (χ4v) is 6.35. The molecule has 0 amide bonds. The molecule has 1 fully saturated rings. The number of ether oxygens (including phenoxy) is 1. The zero-order chi connectivity index (χ0) is 30.9. The molecule has 1 aliphatic rings. The summed E-state index contributed by atoms with van der Waals surface area (Å²) in [5.74, 6) is -3.13. The standard InChI is InChI=1S/C30H31F3N6O3S/c1-17-6-8-19(9-7-17)27(43(34,40)41)24-18(2)13-23(25(31)26(24)32)42-28-21(5-4-11-36-28)22-10-12-37-29(39-22)38-20-14-30(3,33)16-35-15-20/h4-13,20,27,35H,14-16H2,1-3H3,(H2,34,40,41)(H,37,38,39)/t20-,27?,30-/m0/s1. The van der Waals surface area contributed by atoms with Gasteiger partial charge in [0, 0.05) is 43.5 Å². The molecule has 9 nitrogen and oxygen atoms in total. The average molecular weight is 613 g/mol. The number of hydrogen-bond donors (Lipinski definition) is 3. The third-order valence-electron chi connectivity index (χ3n) is 7.19. The van der Waals surface area contributed by atoms with Crippen LogP contribution in [0.3, 0.4) is 0 Å². The Kier molecular flexibility index (Phi) is 8.41. The summed E-state index contributed by atoms with van der Waals surface area (Å²) < 4.78 is 76.7. The molecule has 2 aromatic carbocycles. The van der Waals surface area contributed by atoms with Gasteiger partial charge in [0.05, 0.1) is 11.3 Å². The Morgan fingerprint density at radius 3 is 2.53 bits per heavy atom. The maximum atomic E-state index is 15.7. The molecular formula is C30H31F3N6O3S. The predicted octanol–water partition coefficient (Wildman–Crippen LogP) is 5.11. The Hall–Kier alpha value is -4.07. The largest absolute Gasteiger partial charge is 0.435 e. The van der Waals surface area contributed by atoms with Crippen LogP contribution in [0.2, 0.25) is 0 Å². The van der Waals surface area contributed by atoms with Crippen LogP contribution in [0.1, 0.15) is 40.8 Å². The summed E-state index contributed by atoms with van der Waals surface area (Å²) >= 11 is 0. The van der Waals surface area contributed by atoms with Gasteiger partial charge in [-0.25, -0.2) is 37.3 Å². The third kappa shape index (κ3) is 6.79. The first-order valence-electron chi connectivity index (χ1n) is 13.5. The molecule has 5 rings (SSSR count). The molecule has 1 aliphatic heterocycles. The summed E-state index contributed by atoms with van der Waals surface area (Å²) in [6.45, 7) is 5.58. The van der Waals surface area contributed by atoms with Crippen LogP contribution >= 0.6 is 0 Å². The van der Waals surface area contributed by atoms with Crippen molar-refractivity contribution in [3.63, 3.8) is 0 Å². The van der Waals surface area contributed by atoms with Crippen molar-refractivity contribution in [2.75, 3.05) is 18.4 Å². The minimum absolute atomic E-state index is 0.0743. The zero-order valence-electron chi connectivity index (χ0n) is 23.7. The number of nitrogens with two attached hydrogens (primary N) is 1. The summed E-state index contributed by atoms with van der Waals surface area (Å²) in [5.41, 5.74) is 0.105. The number of primary sulfonamides is 1. The van der Waals surface area contributed by atoms with Gasteiger partial charge in [0.1, 0.15) is 10.9 Å². The Morgan fingerprint density at radius 2 is 1.84 bits per heavy atom. The lowest BCUT2D eigenvalue weighted by atomic mass is 9.95. The average Bonchev–Trinajstić information content (AvgIpc) is 2.94. The number of pyridine rings is 1. The van der Waals surface area contributed by atoms with Crippen LogP contribution in [0.4, 0.5) is 19.1 Å². The van der Waals surface area contributed by atoms with E-state index in [-0.39, 0.29) is 42.0 Å². The number of hydrogen-bond acceptors (Lipinski definition) is 8. The second-order valence-electron chi connectivity index (χ2n) is 10.9. The molecule has 1 unspecified atom stereocenters. The number of nitrogens with one attached hydrogen (secondary N) is 2. The van der Waals surface area contributed by atoms with E-state index < -0.39 is 43.9 Å². The molecule has 4 aromatic rings. The molecular weight excluding hydrogens is 581 g/mol. The molecule has 2 aromatic heterocycles. The Balaban J connectivity index is 1.47. The SMILES string of the molecule is Cc1ccc(C(c2c(C)cc(Oc3ncccc3-c3ccnc(N[C@@H]4CNC[C@@](C)(F)C4)n3)c(F)c2F)S(N)(=O)=O)cc1. The van der Waals surface area contributed by atoms with E-state index in [0.29, 0.717) is 17.8 Å². The van der Waals surface area contributed by atoms with E-state index in [0.717, 1.165) is 5.56 Å². The molecule has 3 atom stereocenters. The molecule has 43 heavy (non-hydrogen) atoms. The molecule has 0 radical (unpaired) electrons. The smallest absolute Gasteiger partial charge is 0.228 e. The number of nitrogens with zero attached hydrogens (tertiary/aromatic N) is 3. The van der Waals surface area contributed by atoms with Gasteiger partial charge in [-0.2, -0.15) is 4.39 Å². The molecule has 4 N–H and O–H groups in total. The van der Waals surface area contributed by atoms with Gasteiger partial charge in [-0.05, 0) is 56.2 Å². The Bertz CT molecular complexity index is 1750. The fourth-order valence-electron chi connectivity index (χ4n) is 5.19. The number of anilines is 1. The van der Waals surface area contributed by atoms with Crippen LogP contribution in [-0.4, -0.2) is 48.2 Å². The maximum Gasteiger partial charge on any atom is 0.228 e. The molecule has 1 saturated heterocycles. The topological polar surface area (TPSA) is 132 Å². The van der Waals surface area contributed by atoms with Crippen LogP contribution in [0.15, 0.2) is 60.9 Å². The number of rotatable bonds is 8. The second-order valence-corrected chi connectivity index (χ2v) is 12.6. The van der Waals surface area contributed by atoms with Crippen molar-refractivity contribution in [2.45, 2.75) is 44.2 Å². The van der Waals surface area contributed by atoms with E-state index in [9.17, 15) is 12.8 Å². The van der Waals surface area contributed by atoms with E-state index in [1.54, 1.807) is 30.3 Å². The molecule has 0 bridgehead atoms. The number of piperidine rings is 1. The van der Waals surface area contributed by atoms with Crippen molar-refractivity contribution in [3.8, 4) is 22.9 Å². The maximum absolute atomic E-state index is 15.7. The van der Waals surface area contributed by atoms with Gasteiger partial charge >= 0.3 is 0 Å². The van der Waals surface area contributed by atoms with E-state index in [2.05, 4.69) is 25.6 Å². The molecule has 0 saturated carbocycles. The molecule has 13 heteroatoms. The van der Waals surface area contributed by atoms with Crippen LogP contribution in [0.25, 0.3) is 11.3 Å². The summed E-state index contributed by atoms with van der Waals surface area (Å²) in [6, 6.07) is 12.2. The number of benzene rings is 2. The van der Waals surface area contributed by atoms with Crippen molar-refractivity contribution in [1.29, 1.82) is 0 Å². The van der Waals surface area contributed by atoms with Crippen LogP contribution in [0.5, 0.6) is 11.6 Å². The highest BCUT2D eigenvalue weighted by Gasteiger charge is 2.34. The zero-order valence-corrected chi connectivity index (χ0v) is 24.6. The first kappa shape index (κ1) is 30.4. The van der Waals surface area contributed by atoms with Gasteiger partial charge in [0.25, 0.3) is 0 Å². The minimum Gasteiger partial charge on any atom is -0.435 e. The normalized spacial score (nSPS) is 19.6. The quantitative estimate of drug-likeness (QED) is 0.250. The molecule has 3 heterocycles. The molecule has 0 aliphatic carbocycles. The summed E-state index contributed by atoms with van der Waals surface area (Å²) in [6.07, 6.45) is 3.19. The third-order valence-corrected chi connectivity index (χ3v) is 8.35. The van der Waals surface area contributed by atoms with Gasteiger partial charge in [0.2, 0.25) is 27.7 Å². The summed E-state index contributed by atoms with van der Waals surface area (Å²) in [5, 5.41) is 10.0. The van der Waals surface area contributed by atoms with E-state index >= 15 is 8.78 Å². The van der Waals surface area contributed by atoms with Crippen LogP contribution < -0.4 is 20.5 Å². The van der Waals surface area contributed by atoms with Gasteiger partial charge < -0.3 is 15.4 Å².